The molecule has 4 nitrogen and oxygen atoms in total. The number of carbonyl (C=O) groups is 1. The van der Waals surface area contributed by atoms with Crippen molar-refractivity contribution in [2.75, 3.05) is 13.7 Å². The van der Waals surface area contributed by atoms with E-state index in [1.165, 1.54) is 7.11 Å². The number of hydrogen-bond donors (Lipinski definition) is 2. The average molecular weight is 230 g/mol. The van der Waals surface area contributed by atoms with Crippen LogP contribution in [-0.2, 0) is 9.53 Å². The van der Waals surface area contributed by atoms with E-state index in [1.54, 1.807) is 13.8 Å². The summed E-state index contributed by atoms with van der Waals surface area (Å²) in [6, 6.07) is 0.0200. The summed E-state index contributed by atoms with van der Waals surface area (Å²) < 4.78 is 5.09. The summed E-state index contributed by atoms with van der Waals surface area (Å²) in [5, 5.41) is 2.83. The van der Waals surface area contributed by atoms with Crippen LogP contribution in [0.4, 0.5) is 0 Å². The molecule has 3 N–H and O–H groups in total. The van der Waals surface area contributed by atoms with Gasteiger partial charge in [-0.05, 0) is 19.8 Å². The molecule has 0 spiro atoms. The van der Waals surface area contributed by atoms with Crippen molar-refractivity contribution in [3.05, 3.63) is 0 Å². The quantitative estimate of drug-likeness (QED) is 0.692. The van der Waals surface area contributed by atoms with Gasteiger partial charge in [0, 0.05) is 19.7 Å². The summed E-state index contributed by atoms with van der Waals surface area (Å²) in [5.74, 6) is 0.349. The van der Waals surface area contributed by atoms with E-state index >= 15 is 0 Å². The van der Waals surface area contributed by atoms with Crippen LogP contribution in [0.2, 0.25) is 0 Å². The van der Waals surface area contributed by atoms with Gasteiger partial charge in [0.2, 0.25) is 0 Å². The molecule has 1 amide bonds. The van der Waals surface area contributed by atoms with Gasteiger partial charge in [-0.2, -0.15) is 0 Å². The Kier molecular flexibility index (Phi) is 6.60. The predicted octanol–water partition coefficient (Wildman–Crippen LogP) is 1.29. The lowest BCUT2D eigenvalue weighted by Gasteiger charge is -2.25. The van der Waals surface area contributed by atoms with Gasteiger partial charge in [-0.25, -0.2) is 0 Å². The zero-order valence-electron chi connectivity index (χ0n) is 11.2. The van der Waals surface area contributed by atoms with Gasteiger partial charge in [-0.1, -0.05) is 26.7 Å². The maximum Gasteiger partial charge on any atom is 0.251 e. The molecular formula is C12H26N2O2. The number of ether oxygens (including phenoxy) is 1. The van der Waals surface area contributed by atoms with Crippen LogP contribution >= 0.6 is 0 Å². The molecule has 0 aliphatic rings. The number of rotatable bonds is 7. The lowest BCUT2D eigenvalue weighted by Crippen LogP contribution is -2.49. The van der Waals surface area contributed by atoms with Crippen LogP contribution in [0.1, 0.15) is 40.5 Å². The van der Waals surface area contributed by atoms with Gasteiger partial charge in [0.1, 0.15) is 5.60 Å². The first-order chi connectivity index (χ1) is 7.38. The van der Waals surface area contributed by atoms with E-state index in [2.05, 4.69) is 19.2 Å². The molecule has 16 heavy (non-hydrogen) atoms. The fourth-order valence-corrected chi connectivity index (χ4v) is 1.58. The lowest BCUT2D eigenvalue weighted by atomic mass is 9.94. The van der Waals surface area contributed by atoms with Crippen molar-refractivity contribution in [2.24, 2.45) is 11.7 Å². The molecule has 1 unspecified atom stereocenters. The second kappa shape index (κ2) is 6.86. The van der Waals surface area contributed by atoms with Crippen LogP contribution in [0.3, 0.4) is 0 Å². The Bertz CT molecular complexity index is 213. The van der Waals surface area contributed by atoms with Crippen LogP contribution in [0.15, 0.2) is 0 Å². The van der Waals surface area contributed by atoms with Crippen molar-refractivity contribution in [3.63, 3.8) is 0 Å². The van der Waals surface area contributed by atoms with Crippen LogP contribution in [-0.4, -0.2) is 31.2 Å². The molecule has 0 bridgehead atoms. The van der Waals surface area contributed by atoms with Crippen LogP contribution in [0.5, 0.6) is 0 Å². The van der Waals surface area contributed by atoms with Crippen molar-refractivity contribution in [2.45, 2.75) is 52.2 Å². The average Bonchev–Trinajstić information content (AvgIpc) is 2.27. The van der Waals surface area contributed by atoms with E-state index in [0.29, 0.717) is 12.5 Å². The van der Waals surface area contributed by atoms with E-state index in [1.807, 2.05) is 0 Å². The number of nitrogens with two attached hydrogens (primary N) is 1. The van der Waals surface area contributed by atoms with E-state index in [-0.39, 0.29) is 11.9 Å². The summed E-state index contributed by atoms with van der Waals surface area (Å²) >= 11 is 0. The second-order valence-electron chi connectivity index (χ2n) is 4.66. The van der Waals surface area contributed by atoms with Gasteiger partial charge >= 0.3 is 0 Å². The topological polar surface area (TPSA) is 64.3 Å². The van der Waals surface area contributed by atoms with E-state index in [0.717, 1.165) is 12.8 Å². The molecule has 0 aromatic carbocycles. The zero-order valence-corrected chi connectivity index (χ0v) is 11.2. The molecule has 0 aromatic heterocycles. The van der Waals surface area contributed by atoms with Crippen molar-refractivity contribution in [3.8, 4) is 0 Å². The van der Waals surface area contributed by atoms with E-state index in [4.69, 9.17) is 10.5 Å². The molecule has 0 aromatic rings. The van der Waals surface area contributed by atoms with Crippen LogP contribution < -0.4 is 11.1 Å². The molecule has 4 heteroatoms. The minimum atomic E-state index is -0.784. The summed E-state index contributed by atoms with van der Waals surface area (Å²) in [4.78, 5) is 11.7. The molecule has 96 valence electrons. The van der Waals surface area contributed by atoms with E-state index in [9.17, 15) is 4.79 Å². The Balaban J connectivity index is 4.10. The highest BCUT2D eigenvalue weighted by atomic mass is 16.5. The Morgan fingerprint density at radius 3 is 2.25 bits per heavy atom. The monoisotopic (exact) mass is 230 g/mol. The fourth-order valence-electron chi connectivity index (χ4n) is 1.58. The third-order valence-electron chi connectivity index (χ3n) is 3.21. The molecule has 0 heterocycles. The Hall–Kier alpha value is -0.610. The predicted molar refractivity (Wildman–Crippen MR) is 66.1 cm³/mol. The van der Waals surface area contributed by atoms with Crippen molar-refractivity contribution >= 4 is 5.91 Å². The number of nitrogens with one attached hydrogen (secondary N) is 1. The van der Waals surface area contributed by atoms with Crippen LogP contribution in [0, 0.1) is 5.92 Å². The molecule has 0 rings (SSSR count). The maximum absolute atomic E-state index is 11.7. The first-order valence-electron chi connectivity index (χ1n) is 5.98. The summed E-state index contributed by atoms with van der Waals surface area (Å²) in [6.45, 7) is 8.23. The normalized spacial score (nSPS) is 13.9. The molecule has 0 saturated carbocycles. The second-order valence-corrected chi connectivity index (χ2v) is 4.66. The van der Waals surface area contributed by atoms with Gasteiger partial charge in [0.25, 0.3) is 5.91 Å². The summed E-state index contributed by atoms with van der Waals surface area (Å²) in [7, 11) is 1.53. The molecule has 0 aliphatic heterocycles. The standard InChI is InChI=1S/C12H26N2O2/c1-6-9(7-2)10(13)8-14-11(15)12(3,4)16-5/h9-10H,6-8,13H2,1-5H3,(H,14,15). The lowest BCUT2D eigenvalue weighted by molar-refractivity contribution is -0.139. The van der Waals surface area contributed by atoms with Gasteiger partial charge in [-0.15, -0.1) is 0 Å². The minimum Gasteiger partial charge on any atom is -0.369 e. The molecule has 0 saturated heterocycles. The Labute approximate surface area is 98.9 Å². The van der Waals surface area contributed by atoms with E-state index < -0.39 is 5.60 Å². The Morgan fingerprint density at radius 2 is 1.88 bits per heavy atom. The van der Waals surface area contributed by atoms with Crippen LogP contribution in [0.25, 0.3) is 0 Å². The number of hydrogen-bond acceptors (Lipinski definition) is 3. The summed E-state index contributed by atoms with van der Waals surface area (Å²) in [6.07, 6.45) is 2.09. The highest BCUT2D eigenvalue weighted by Crippen LogP contribution is 2.11. The summed E-state index contributed by atoms with van der Waals surface area (Å²) in [5.41, 5.74) is 5.23. The molecule has 0 radical (unpaired) electrons. The smallest absolute Gasteiger partial charge is 0.251 e. The molecular weight excluding hydrogens is 204 g/mol. The zero-order chi connectivity index (χ0) is 12.8. The van der Waals surface area contributed by atoms with Gasteiger partial charge in [0.15, 0.2) is 0 Å². The first kappa shape index (κ1) is 15.4. The largest absolute Gasteiger partial charge is 0.369 e. The molecule has 1 atom stereocenters. The van der Waals surface area contributed by atoms with Crippen molar-refractivity contribution < 1.29 is 9.53 Å². The Morgan fingerprint density at radius 1 is 1.38 bits per heavy atom. The molecule has 0 fully saturated rings. The van der Waals surface area contributed by atoms with Crippen molar-refractivity contribution in [1.82, 2.24) is 5.32 Å². The van der Waals surface area contributed by atoms with Gasteiger partial charge in [-0.3, -0.25) is 4.79 Å². The number of amides is 1. The highest BCUT2D eigenvalue weighted by molar-refractivity contribution is 5.84. The van der Waals surface area contributed by atoms with Crippen molar-refractivity contribution in [1.29, 1.82) is 0 Å². The third kappa shape index (κ3) is 4.49. The molecule has 0 aliphatic carbocycles. The van der Waals surface area contributed by atoms with Gasteiger partial charge < -0.3 is 15.8 Å². The first-order valence-corrected chi connectivity index (χ1v) is 5.98. The minimum absolute atomic E-state index is 0.0200. The highest BCUT2D eigenvalue weighted by Gasteiger charge is 2.27. The fraction of sp³-hybridized carbons (Fsp3) is 0.917. The number of carbonyl (C=O) groups excluding carboxylic acids is 1. The van der Waals surface area contributed by atoms with Gasteiger partial charge in [0.05, 0.1) is 0 Å². The maximum atomic E-state index is 11.7. The SMILES string of the molecule is CCC(CC)C(N)CNC(=O)C(C)(C)OC. The number of methoxy groups -OCH3 is 1. The third-order valence-corrected chi connectivity index (χ3v) is 3.21.